The van der Waals surface area contributed by atoms with Gasteiger partial charge in [-0.2, -0.15) is 55.2 Å². The highest BCUT2D eigenvalue weighted by molar-refractivity contribution is 7.87. The van der Waals surface area contributed by atoms with Crippen LogP contribution >= 0.6 is 0 Å². The first-order valence-electron chi connectivity index (χ1n) is 20.7. The lowest BCUT2D eigenvalue weighted by Crippen LogP contribution is -2.31. The van der Waals surface area contributed by atoms with Gasteiger partial charge in [-0.3, -0.25) is 12.9 Å². The van der Waals surface area contributed by atoms with E-state index >= 15 is 0 Å². The largest absolute Gasteiger partial charge is 0.395 e. The van der Waals surface area contributed by atoms with Gasteiger partial charge in [0.25, 0.3) is 30.4 Å². The lowest BCUT2D eigenvalue weighted by atomic mass is 10.1. The van der Waals surface area contributed by atoms with Crippen molar-refractivity contribution in [2.24, 2.45) is 0 Å². The van der Waals surface area contributed by atoms with Gasteiger partial charge in [-0.25, -0.2) is 0 Å². The molecule has 0 aliphatic rings. The lowest BCUT2D eigenvalue weighted by molar-refractivity contribution is 0.279. The van der Waals surface area contributed by atoms with Crippen LogP contribution in [0.4, 0.5) is 58.4 Å². The van der Waals surface area contributed by atoms with E-state index in [1.807, 2.05) is 6.07 Å². The quantitative estimate of drug-likeness (QED) is 0.0226. The second kappa shape index (κ2) is 23.5. The molecule has 9 N–H and O–H groups in total. The molecule has 0 saturated heterocycles. The number of benzene rings is 4. The van der Waals surface area contributed by atoms with Crippen LogP contribution in [0.3, 0.4) is 0 Å². The molecule has 0 spiro atoms. The van der Waals surface area contributed by atoms with E-state index in [0.29, 0.717) is 11.4 Å². The molecule has 0 aliphatic carbocycles. The maximum Gasteiger partial charge on any atom is 0.297 e. The molecule has 6 aromatic rings. The van der Waals surface area contributed by atoms with Gasteiger partial charge in [0, 0.05) is 48.9 Å². The summed E-state index contributed by atoms with van der Waals surface area (Å²) in [5.74, 6) is -0.0868. The number of nitrogens with zero attached hydrogens (tertiary/aromatic N) is 8. The van der Waals surface area contributed by atoms with E-state index in [-0.39, 0.29) is 125 Å². The predicted octanol–water partition coefficient (Wildman–Crippen LogP) is 2.70. The van der Waals surface area contributed by atoms with Crippen LogP contribution in [0.2, 0.25) is 0 Å². The van der Waals surface area contributed by atoms with E-state index in [9.17, 15) is 50.2 Å². The van der Waals surface area contributed by atoms with Crippen LogP contribution in [0.15, 0.2) is 106 Å². The smallest absolute Gasteiger partial charge is 0.297 e. The summed E-state index contributed by atoms with van der Waals surface area (Å²) in [6.45, 7) is -1.05. The molecule has 25 nitrogen and oxygen atoms in total. The Morgan fingerprint density at radius 3 is 1.17 bits per heavy atom. The molecule has 0 fully saturated rings. The fourth-order valence-electron chi connectivity index (χ4n) is 6.38. The Hall–Kier alpha value is -6.99. The molecule has 0 bridgehead atoms. The van der Waals surface area contributed by atoms with Crippen LogP contribution in [-0.4, -0.2) is 147 Å². The predicted molar refractivity (Wildman–Crippen MR) is 258 cm³/mol. The van der Waals surface area contributed by atoms with Crippen molar-refractivity contribution in [1.29, 1.82) is 0 Å². The van der Waals surface area contributed by atoms with E-state index < -0.39 is 30.4 Å². The Labute approximate surface area is 402 Å². The van der Waals surface area contributed by atoms with Gasteiger partial charge in [0.2, 0.25) is 35.7 Å². The number of para-hydroxylation sites is 1. The summed E-state index contributed by atoms with van der Waals surface area (Å²) in [5.41, 5.74) is 1.40. The molecule has 0 radical (unpaired) electrons. The number of aliphatic hydroxyl groups excluding tert-OH is 4. The molecular formula is C42H48N12O13S3. The Morgan fingerprint density at radius 1 is 0.486 bits per heavy atom. The SMILES string of the molecule is COS(=O)(=O)c1cc(Nc2nc(Nc3ccccc3)nc(N(CCO)CCO)n2)ccc1/C=C/c1ccc(Nc2nc(Nc3ccc(S(=O)(=O)O)cc3)nc(N(CCO)CCO)n2)cc1S(=O)(=O)OC. The summed E-state index contributed by atoms with van der Waals surface area (Å²) in [4.78, 5) is 28.4. The van der Waals surface area contributed by atoms with Crippen molar-refractivity contribution < 1.29 is 58.6 Å². The van der Waals surface area contributed by atoms with E-state index in [2.05, 4.69) is 51.2 Å². The zero-order valence-corrected chi connectivity index (χ0v) is 39.7. The van der Waals surface area contributed by atoms with Crippen molar-refractivity contribution in [3.8, 4) is 0 Å². The molecule has 70 heavy (non-hydrogen) atoms. The molecule has 0 amide bonds. The fourth-order valence-corrected chi connectivity index (χ4v) is 8.61. The zero-order chi connectivity index (χ0) is 50.5. The van der Waals surface area contributed by atoms with Crippen molar-refractivity contribution in [3.63, 3.8) is 0 Å². The van der Waals surface area contributed by atoms with Gasteiger partial charge in [0.15, 0.2) is 0 Å². The van der Waals surface area contributed by atoms with Gasteiger partial charge in [-0.05, 0) is 71.8 Å². The van der Waals surface area contributed by atoms with E-state index in [4.69, 9.17) is 8.37 Å². The highest BCUT2D eigenvalue weighted by Gasteiger charge is 2.23. The minimum Gasteiger partial charge on any atom is -0.395 e. The topological polar surface area (TPSA) is 354 Å². The molecule has 2 aromatic heterocycles. The normalized spacial score (nSPS) is 11.9. The fraction of sp³-hybridized carbons (Fsp3) is 0.238. The molecule has 4 aromatic carbocycles. The van der Waals surface area contributed by atoms with Crippen LogP contribution < -0.4 is 31.1 Å². The van der Waals surface area contributed by atoms with E-state index in [1.54, 1.807) is 24.3 Å². The Bertz CT molecular complexity index is 3110. The summed E-state index contributed by atoms with van der Waals surface area (Å²) in [6.07, 6.45) is 2.70. The number of hydrogen-bond donors (Lipinski definition) is 9. The van der Waals surface area contributed by atoms with Gasteiger partial charge in [0.1, 0.15) is 9.79 Å². The Balaban J connectivity index is 1.34. The van der Waals surface area contributed by atoms with Crippen molar-refractivity contribution in [2.45, 2.75) is 14.7 Å². The van der Waals surface area contributed by atoms with Crippen molar-refractivity contribution in [1.82, 2.24) is 29.9 Å². The minimum atomic E-state index is -4.48. The highest BCUT2D eigenvalue weighted by atomic mass is 32.2. The van der Waals surface area contributed by atoms with Gasteiger partial charge < -0.3 is 51.5 Å². The van der Waals surface area contributed by atoms with Crippen LogP contribution in [0.25, 0.3) is 12.2 Å². The number of rotatable bonds is 25. The van der Waals surface area contributed by atoms with Crippen LogP contribution in [0.5, 0.6) is 0 Å². The summed E-state index contributed by atoms with van der Waals surface area (Å²) in [6, 6.07) is 22.3. The van der Waals surface area contributed by atoms with Gasteiger partial charge in [0.05, 0.1) is 45.5 Å². The van der Waals surface area contributed by atoms with Crippen molar-refractivity contribution in [2.75, 3.05) is 97.9 Å². The second-order valence-corrected chi connectivity index (χ2v) is 19.2. The average molecular weight is 1030 g/mol. The number of aliphatic hydroxyl groups is 4. The third-order valence-electron chi connectivity index (χ3n) is 9.69. The van der Waals surface area contributed by atoms with Crippen LogP contribution in [0.1, 0.15) is 11.1 Å². The average Bonchev–Trinajstić information content (AvgIpc) is 3.33. The van der Waals surface area contributed by atoms with Gasteiger partial charge in [-0.15, -0.1) is 0 Å². The molecule has 2 heterocycles. The molecule has 0 atom stereocenters. The minimum absolute atomic E-state index is 0.00125. The zero-order valence-electron chi connectivity index (χ0n) is 37.3. The summed E-state index contributed by atoms with van der Waals surface area (Å²) in [5, 5.41) is 50.6. The second-order valence-electron chi connectivity index (χ2n) is 14.4. The molecule has 0 unspecified atom stereocenters. The summed E-state index contributed by atoms with van der Waals surface area (Å²) < 4.78 is 95.9. The first-order chi connectivity index (χ1) is 33.5. The molecule has 6 rings (SSSR count). The van der Waals surface area contributed by atoms with Crippen LogP contribution in [-0.2, 0) is 38.7 Å². The number of aromatic nitrogens is 6. The third kappa shape index (κ3) is 13.8. The van der Waals surface area contributed by atoms with E-state index in [1.165, 1.54) is 70.5 Å². The van der Waals surface area contributed by atoms with Crippen LogP contribution in [0, 0.1) is 0 Å². The van der Waals surface area contributed by atoms with E-state index in [0.717, 1.165) is 26.4 Å². The Morgan fingerprint density at radius 2 is 0.829 bits per heavy atom. The number of anilines is 10. The maximum absolute atomic E-state index is 13.4. The standard InChI is InChI=1S/C42H48N12O13S3/c1-66-69(62,63)35-26-32(45-39-47-37(43-30-6-4-3-5-7-30)49-41(51-39)53(18-22-55)19-23-56)12-10-28(35)8-9-29-11-13-33(27-36(29)70(64,65)67-2)46-40-48-38(50-42(52-40)54(20-24-57)21-25-58)44-31-14-16-34(17-15-31)68(59,60)61/h3-17,26-27,55-58H,18-25H2,1-2H3,(H,59,60,61)(H2,43,45,47,49,51)(H2,44,46,48,50,52)/b9-8+. The first-order valence-corrected chi connectivity index (χ1v) is 25.0. The first kappa shape index (κ1) is 52.4. The summed E-state index contributed by atoms with van der Waals surface area (Å²) in [7, 11) is -11.4. The molecule has 0 saturated carbocycles. The number of nitrogens with one attached hydrogen (secondary N) is 4. The number of hydrogen-bond acceptors (Lipinski definition) is 24. The van der Waals surface area contributed by atoms with Gasteiger partial charge in [-0.1, -0.05) is 42.5 Å². The monoisotopic (exact) mass is 1020 g/mol. The summed E-state index contributed by atoms with van der Waals surface area (Å²) >= 11 is 0. The van der Waals surface area contributed by atoms with Crippen molar-refractivity contribution in [3.05, 3.63) is 102 Å². The Kier molecular flexibility index (Phi) is 17.6. The molecule has 0 aliphatic heterocycles. The maximum atomic E-state index is 13.4. The highest BCUT2D eigenvalue weighted by Crippen LogP contribution is 2.30. The molecule has 28 heteroatoms. The molecular weight excluding hydrogens is 977 g/mol. The third-order valence-corrected chi connectivity index (χ3v) is 13.2. The lowest BCUT2D eigenvalue weighted by Gasteiger charge is -2.21. The molecule has 372 valence electrons. The van der Waals surface area contributed by atoms with Crippen molar-refractivity contribution >= 4 is 101 Å². The van der Waals surface area contributed by atoms with Gasteiger partial charge >= 0.3 is 0 Å².